The Labute approximate surface area is 159 Å². The Morgan fingerprint density at radius 3 is 2.40 bits per heavy atom. The van der Waals surface area contributed by atoms with E-state index in [-0.39, 0.29) is 20.1 Å². The zero-order chi connectivity index (χ0) is 16.1. The van der Waals surface area contributed by atoms with E-state index >= 15 is 0 Å². The summed E-state index contributed by atoms with van der Waals surface area (Å²) in [6, 6.07) is 25.5. The Kier molecular flexibility index (Phi) is 3.73. The minimum absolute atomic E-state index is 0. The second kappa shape index (κ2) is 5.93. The zero-order valence-corrected chi connectivity index (χ0v) is 15.5. The molecule has 119 valence electrons. The summed E-state index contributed by atoms with van der Waals surface area (Å²) in [6.07, 6.45) is 0. The Bertz CT molecular complexity index is 1170. The fourth-order valence-electron chi connectivity index (χ4n) is 3.49. The molecule has 5 rings (SSSR count). The van der Waals surface area contributed by atoms with Crippen molar-refractivity contribution in [1.82, 2.24) is 4.98 Å². The van der Waals surface area contributed by atoms with Crippen molar-refractivity contribution in [2.75, 3.05) is 0 Å². The number of benzene rings is 3. The molecule has 25 heavy (non-hydrogen) atoms. The standard InChI is InChI=1S/C22H11N2.Ir/c1-23-15-7-4-6-14(12-15)21-13-19-17-9-3-2-8-16(17)18-10-5-11-20(24-21)22(18)19;/h2-5,7-13H;/q-1;. The molecular weight excluding hydrogens is 484 g/mol. The van der Waals surface area contributed by atoms with Crippen LogP contribution in [0.5, 0.6) is 0 Å². The summed E-state index contributed by atoms with van der Waals surface area (Å²) in [5, 5.41) is 1.21. The Balaban J connectivity index is 0.00000157. The number of hydrogen-bond acceptors (Lipinski definition) is 1. The third-order valence-electron chi connectivity index (χ3n) is 4.53. The van der Waals surface area contributed by atoms with Gasteiger partial charge >= 0.3 is 0 Å². The van der Waals surface area contributed by atoms with Crippen LogP contribution in [0.15, 0.2) is 66.7 Å². The second-order valence-electron chi connectivity index (χ2n) is 5.87. The van der Waals surface area contributed by atoms with Gasteiger partial charge in [-0.3, -0.25) is 9.83 Å². The first kappa shape index (κ1) is 15.7. The quantitative estimate of drug-likeness (QED) is 0.265. The molecule has 0 unspecified atom stereocenters. The summed E-state index contributed by atoms with van der Waals surface area (Å²) < 4.78 is 0. The number of fused-ring (bicyclic) bond motifs is 3. The molecule has 0 spiro atoms. The Morgan fingerprint density at radius 1 is 0.840 bits per heavy atom. The maximum Gasteiger partial charge on any atom is 0.108 e. The van der Waals surface area contributed by atoms with Crippen molar-refractivity contribution in [2.45, 2.75) is 0 Å². The Hall–Kier alpha value is -2.79. The van der Waals surface area contributed by atoms with Gasteiger partial charge in [0, 0.05) is 25.5 Å². The van der Waals surface area contributed by atoms with Crippen LogP contribution in [0, 0.1) is 12.6 Å². The van der Waals surface area contributed by atoms with Gasteiger partial charge in [-0.25, -0.2) is 0 Å². The number of aromatic nitrogens is 1. The van der Waals surface area contributed by atoms with Gasteiger partial charge in [-0.05, 0) is 34.0 Å². The van der Waals surface area contributed by atoms with Crippen molar-refractivity contribution >= 4 is 16.6 Å². The van der Waals surface area contributed by atoms with Gasteiger partial charge in [0.15, 0.2) is 0 Å². The van der Waals surface area contributed by atoms with Gasteiger partial charge in [0.2, 0.25) is 0 Å². The first-order valence-electron chi connectivity index (χ1n) is 7.78. The van der Waals surface area contributed by atoms with Crippen LogP contribution in [-0.4, -0.2) is 4.98 Å². The molecule has 0 fully saturated rings. The van der Waals surface area contributed by atoms with E-state index in [1.54, 1.807) is 12.1 Å². The van der Waals surface area contributed by atoms with Crippen LogP contribution in [-0.2, 0) is 20.1 Å². The minimum atomic E-state index is 0. The number of nitrogens with zero attached hydrogens (tertiary/aromatic N) is 2. The van der Waals surface area contributed by atoms with E-state index in [0.29, 0.717) is 5.69 Å². The molecule has 4 aromatic rings. The number of pyridine rings is 1. The number of hydrogen-bond donors (Lipinski definition) is 0. The molecule has 0 atom stereocenters. The molecule has 1 radical (unpaired) electrons. The third kappa shape index (κ3) is 2.31. The molecule has 0 amide bonds. The average Bonchev–Trinajstić information content (AvgIpc) is 2.98. The summed E-state index contributed by atoms with van der Waals surface area (Å²) in [4.78, 5) is 8.34. The van der Waals surface area contributed by atoms with E-state index in [0.717, 1.165) is 16.8 Å². The van der Waals surface area contributed by atoms with Crippen LogP contribution in [0.3, 0.4) is 0 Å². The van der Waals surface area contributed by atoms with Crippen molar-refractivity contribution in [3.8, 4) is 33.5 Å². The normalized spacial score (nSPS) is 10.8. The topological polar surface area (TPSA) is 17.2 Å². The molecule has 3 aromatic carbocycles. The molecule has 1 heterocycles. The summed E-state index contributed by atoms with van der Waals surface area (Å²) >= 11 is 0. The predicted molar refractivity (Wildman–Crippen MR) is 96.7 cm³/mol. The van der Waals surface area contributed by atoms with Crippen LogP contribution in [0.4, 0.5) is 5.69 Å². The van der Waals surface area contributed by atoms with E-state index in [1.165, 1.54) is 27.6 Å². The van der Waals surface area contributed by atoms with Crippen LogP contribution in [0.25, 0.3) is 49.3 Å². The largest absolute Gasteiger partial charge is 0.296 e. The molecule has 1 aliphatic rings. The summed E-state index contributed by atoms with van der Waals surface area (Å²) in [7, 11) is 0. The smallest absolute Gasteiger partial charge is 0.108 e. The van der Waals surface area contributed by atoms with Gasteiger partial charge < -0.3 is 0 Å². The molecule has 0 bridgehead atoms. The maximum absolute atomic E-state index is 7.21. The third-order valence-corrected chi connectivity index (χ3v) is 4.53. The van der Waals surface area contributed by atoms with Crippen molar-refractivity contribution in [2.24, 2.45) is 0 Å². The Morgan fingerprint density at radius 2 is 1.60 bits per heavy atom. The summed E-state index contributed by atoms with van der Waals surface area (Å²) in [6.45, 7) is 7.21. The molecule has 0 aliphatic heterocycles. The first-order valence-corrected chi connectivity index (χ1v) is 7.78. The van der Waals surface area contributed by atoms with Crippen LogP contribution in [0.2, 0.25) is 0 Å². The molecule has 0 saturated heterocycles. The van der Waals surface area contributed by atoms with Gasteiger partial charge in [0.05, 0.1) is 12.1 Å². The summed E-state index contributed by atoms with van der Waals surface area (Å²) in [5.74, 6) is 0. The predicted octanol–water partition coefficient (Wildman–Crippen LogP) is 5.90. The molecule has 1 aromatic heterocycles. The van der Waals surface area contributed by atoms with Crippen molar-refractivity contribution < 1.29 is 20.1 Å². The van der Waals surface area contributed by atoms with E-state index in [9.17, 15) is 0 Å². The molecule has 3 heteroatoms. The number of rotatable bonds is 1. The van der Waals surface area contributed by atoms with Crippen LogP contribution < -0.4 is 0 Å². The molecule has 0 N–H and O–H groups in total. The van der Waals surface area contributed by atoms with Gasteiger partial charge in [-0.2, -0.15) is 6.07 Å². The van der Waals surface area contributed by atoms with E-state index in [2.05, 4.69) is 59.4 Å². The fraction of sp³-hybridized carbons (Fsp3) is 0. The van der Waals surface area contributed by atoms with Crippen LogP contribution >= 0.6 is 0 Å². The molecule has 0 saturated carbocycles. The minimum Gasteiger partial charge on any atom is -0.296 e. The fourth-order valence-corrected chi connectivity index (χ4v) is 3.49. The van der Waals surface area contributed by atoms with E-state index < -0.39 is 0 Å². The van der Waals surface area contributed by atoms with Crippen LogP contribution in [0.1, 0.15) is 0 Å². The van der Waals surface area contributed by atoms with Crippen molar-refractivity contribution in [1.29, 1.82) is 0 Å². The summed E-state index contributed by atoms with van der Waals surface area (Å²) in [5.41, 5.74) is 8.27. The van der Waals surface area contributed by atoms with Crippen molar-refractivity contribution in [3.05, 3.63) is 84.2 Å². The average molecular weight is 496 g/mol. The maximum atomic E-state index is 7.21. The second-order valence-corrected chi connectivity index (χ2v) is 5.87. The molecule has 2 nitrogen and oxygen atoms in total. The molecule has 1 aliphatic carbocycles. The van der Waals surface area contributed by atoms with Crippen molar-refractivity contribution in [3.63, 3.8) is 0 Å². The zero-order valence-electron chi connectivity index (χ0n) is 13.1. The monoisotopic (exact) mass is 496 g/mol. The molecular formula is C22H11IrN2-. The van der Waals surface area contributed by atoms with Gasteiger partial charge in [0.1, 0.15) is 5.69 Å². The first-order chi connectivity index (χ1) is 11.8. The van der Waals surface area contributed by atoms with Gasteiger partial charge in [-0.1, -0.05) is 42.5 Å². The van der Waals surface area contributed by atoms with E-state index in [4.69, 9.17) is 11.6 Å². The van der Waals surface area contributed by atoms with Gasteiger partial charge in [-0.15, -0.1) is 23.8 Å². The SMILES string of the molecule is [C-]#[N+]c1cc[c-]c(-c2cc3c4c(cccc4n2)-c2ccccc2-3)c1.[Ir]. The van der Waals surface area contributed by atoms with Gasteiger partial charge in [0.25, 0.3) is 0 Å². The van der Waals surface area contributed by atoms with E-state index in [1.807, 2.05) is 6.07 Å².